The van der Waals surface area contributed by atoms with Crippen molar-refractivity contribution in [1.29, 1.82) is 0 Å². The molecule has 3 nitrogen and oxygen atoms in total. The molecule has 0 aromatic heterocycles. The molecule has 0 amide bonds. The van der Waals surface area contributed by atoms with Crippen molar-refractivity contribution in [2.75, 3.05) is 13.7 Å². The Bertz CT molecular complexity index is 884. The minimum Gasteiger partial charge on any atom is -0.497 e. The summed E-state index contributed by atoms with van der Waals surface area (Å²) in [6.07, 6.45) is 1.22. The molecule has 0 spiro atoms. The van der Waals surface area contributed by atoms with Crippen LogP contribution in [0.5, 0.6) is 11.5 Å². The topological polar surface area (TPSA) is 30.5 Å². The first-order chi connectivity index (χ1) is 14.5. The summed E-state index contributed by atoms with van der Waals surface area (Å²) >= 11 is 0. The van der Waals surface area contributed by atoms with Crippen LogP contribution in [-0.4, -0.2) is 19.8 Å². The highest BCUT2D eigenvalue weighted by Gasteiger charge is 2.14. The summed E-state index contributed by atoms with van der Waals surface area (Å²) in [6, 6.07) is 25.7. The quantitative estimate of drug-likeness (QED) is 0.415. The fraction of sp³-hybridized carbons (Fsp3) is 0.333. The van der Waals surface area contributed by atoms with E-state index in [9.17, 15) is 0 Å². The van der Waals surface area contributed by atoms with Gasteiger partial charge < -0.3 is 14.8 Å². The van der Waals surface area contributed by atoms with Gasteiger partial charge in [0.1, 0.15) is 11.5 Å². The van der Waals surface area contributed by atoms with E-state index in [0.29, 0.717) is 5.92 Å². The lowest BCUT2D eigenvalue weighted by Gasteiger charge is -2.20. The lowest BCUT2D eigenvalue weighted by molar-refractivity contribution is 0.242. The van der Waals surface area contributed by atoms with Crippen molar-refractivity contribution in [3.05, 3.63) is 95.1 Å². The Morgan fingerprint density at radius 3 is 1.90 bits per heavy atom. The first-order valence-corrected chi connectivity index (χ1v) is 10.7. The van der Waals surface area contributed by atoms with Gasteiger partial charge in [0, 0.05) is 12.5 Å². The molecule has 1 N–H and O–H groups in total. The number of hydrogen-bond donors (Lipinski definition) is 1. The normalized spacial score (nSPS) is 12.0. The average molecular weight is 404 g/mol. The molecule has 0 bridgehead atoms. The van der Waals surface area contributed by atoms with Gasteiger partial charge in [-0.3, -0.25) is 0 Å². The predicted molar refractivity (Wildman–Crippen MR) is 125 cm³/mol. The molecule has 0 aliphatic rings. The Morgan fingerprint density at radius 1 is 0.767 bits per heavy atom. The highest BCUT2D eigenvalue weighted by Crippen LogP contribution is 2.29. The number of ether oxygens (including phenoxy) is 2. The SMILES string of the molecule is COc1ccc(CNCC[C@H](c2ccc(C)cc2)c2ccc(OC(C)C)cc2)cc1. The van der Waals surface area contributed by atoms with E-state index < -0.39 is 0 Å². The highest BCUT2D eigenvalue weighted by molar-refractivity contribution is 5.37. The smallest absolute Gasteiger partial charge is 0.119 e. The summed E-state index contributed by atoms with van der Waals surface area (Å²) in [5.74, 6) is 2.17. The van der Waals surface area contributed by atoms with Gasteiger partial charge in [-0.2, -0.15) is 0 Å². The number of hydrogen-bond acceptors (Lipinski definition) is 3. The molecule has 3 aromatic carbocycles. The Hall–Kier alpha value is -2.78. The second-order valence-corrected chi connectivity index (χ2v) is 8.01. The Balaban J connectivity index is 1.66. The van der Waals surface area contributed by atoms with Gasteiger partial charge in [-0.25, -0.2) is 0 Å². The molecule has 0 heterocycles. The lowest BCUT2D eigenvalue weighted by atomic mass is 9.88. The molecule has 30 heavy (non-hydrogen) atoms. The standard InChI is InChI=1S/C27H33NO2/c1-20(2)30-26-15-11-24(12-16-26)27(23-9-5-21(3)6-10-23)17-18-28-19-22-7-13-25(29-4)14-8-22/h5-16,20,27-28H,17-19H2,1-4H3/t27-/m1/s1. The number of methoxy groups -OCH3 is 1. The van der Waals surface area contributed by atoms with Crippen molar-refractivity contribution < 1.29 is 9.47 Å². The van der Waals surface area contributed by atoms with Crippen LogP contribution in [0.2, 0.25) is 0 Å². The molecule has 0 aliphatic carbocycles. The van der Waals surface area contributed by atoms with Crippen LogP contribution in [0.1, 0.15) is 48.4 Å². The van der Waals surface area contributed by atoms with Gasteiger partial charge in [-0.1, -0.05) is 54.1 Å². The van der Waals surface area contributed by atoms with Crippen molar-refractivity contribution in [3.8, 4) is 11.5 Å². The van der Waals surface area contributed by atoms with Crippen LogP contribution in [0.3, 0.4) is 0 Å². The molecule has 0 fully saturated rings. The second kappa shape index (κ2) is 10.8. The second-order valence-electron chi connectivity index (χ2n) is 8.01. The fourth-order valence-electron chi connectivity index (χ4n) is 3.60. The monoisotopic (exact) mass is 403 g/mol. The Labute approximate surface area is 181 Å². The van der Waals surface area contributed by atoms with Crippen LogP contribution >= 0.6 is 0 Å². The van der Waals surface area contributed by atoms with E-state index in [1.165, 1.54) is 22.3 Å². The number of benzene rings is 3. The van der Waals surface area contributed by atoms with Crippen LogP contribution < -0.4 is 14.8 Å². The van der Waals surface area contributed by atoms with Gasteiger partial charge in [0.25, 0.3) is 0 Å². The minimum absolute atomic E-state index is 0.186. The molecule has 3 rings (SSSR count). The molecule has 3 aromatic rings. The predicted octanol–water partition coefficient (Wildman–Crippen LogP) is 6.10. The fourth-order valence-corrected chi connectivity index (χ4v) is 3.60. The zero-order valence-electron chi connectivity index (χ0n) is 18.5. The van der Waals surface area contributed by atoms with Crippen LogP contribution in [0.15, 0.2) is 72.8 Å². The number of nitrogens with one attached hydrogen (secondary N) is 1. The molecular weight excluding hydrogens is 370 g/mol. The largest absolute Gasteiger partial charge is 0.497 e. The summed E-state index contributed by atoms with van der Waals surface area (Å²) in [5.41, 5.74) is 5.22. The lowest BCUT2D eigenvalue weighted by Crippen LogP contribution is -2.18. The van der Waals surface area contributed by atoms with Crippen LogP contribution in [0, 0.1) is 6.92 Å². The van der Waals surface area contributed by atoms with Gasteiger partial charge in [-0.15, -0.1) is 0 Å². The molecule has 0 saturated heterocycles. The van der Waals surface area contributed by atoms with Gasteiger partial charge in [0.05, 0.1) is 13.2 Å². The highest BCUT2D eigenvalue weighted by atomic mass is 16.5. The molecule has 1 atom stereocenters. The minimum atomic E-state index is 0.186. The van der Waals surface area contributed by atoms with E-state index in [1.807, 2.05) is 12.1 Å². The maximum Gasteiger partial charge on any atom is 0.119 e. The molecule has 3 heteroatoms. The van der Waals surface area contributed by atoms with E-state index in [4.69, 9.17) is 9.47 Å². The average Bonchev–Trinajstić information content (AvgIpc) is 2.75. The van der Waals surface area contributed by atoms with Crippen LogP contribution in [-0.2, 0) is 6.54 Å². The van der Waals surface area contributed by atoms with Crippen molar-refractivity contribution >= 4 is 0 Å². The van der Waals surface area contributed by atoms with E-state index in [1.54, 1.807) is 7.11 Å². The molecule has 158 valence electrons. The summed E-state index contributed by atoms with van der Waals surface area (Å²) in [5, 5.41) is 3.59. The third-order valence-electron chi connectivity index (χ3n) is 5.23. The van der Waals surface area contributed by atoms with Gasteiger partial charge in [-0.05, 0) is 74.7 Å². The molecule has 0 unspecified atom stereocenters. The van der Waals surface area contributed by atoms with Crippen LogP contribution in [0.25, 0.3) is 0 Å². The summed E-state index contributed by atoms with van der Waals surface area (Å²) in [4.78, 5) is 0. The van der Waals surface area contributed by atoms with Crippen molar-refractivity contribution in [2.45, 2.75) is 45.8 Å². The van der Waals surface area contributed by atoms with Gasteiger partial charge in [0.15, 0.2) is 0 Å². The van der Waals surface area contributed by atoms with Crippen molar-refractivity contribution in [3.63, 3.8) is 0 Å². The maximum atomic E-state index is 5.81. The third-order valence-corrected chi connectivity index (χ3v) is 5.23. The Kier molecular flexibility index (Phi) is 7.92. The molecular formula is C27H33NO2. The summed E-state index contributed by atoms with van der Waals surface area (Å²) in [6.45, 7) is 8.03. The van der Waals surface area contributed by atoms with E-state index in [2.05, 4.69) is 86.8 Å². The number of rotatable bonds is 10. The van der Waals surface area contributed by atoms with E-state index in [-0.39, 0.29) is 6.10 Å². The van der Waals surface area contributed by atoms with Gasteiger partial charge >= 0.3 is 0 Å². The first-order valence-electron chi connectivity index (χ1n) is 10.7. The summed E-state index contributed by atoms with van der Waals surface area (Å²) < 4.78 is 11.0. The van der Waals surface area contributed by atoms with E-state index >= 15 is 0 Å². The Morgan fingerprint density at radius 2 is 1.33 bits per heavy atom. The molecule has 0 saturated carbocycles. The van der Waals surface area contributed by atoms with Gasteiger partial charge in [0.2, 0.25) is 0 Å². The van der Waals surface area contributed by atoms with Crippen molar-refractivity contribution in [1.82, 2.24) is 5.32 Å². The maximum absolute atomic E-state index is 5.81. The molecule has 0 radical (unpaired) electrons. The van der Waals surface area contributed by atoms with Crippen LogP contribution in [0.4, 0.5) is 0 Å². The zero-order chi connectivity index (χ0) is 21.3. The summed E-state index contributed by atoms with van der Waals surface area (Å²) in [7, 11) is 1.69. The van der Waals surface area contributed by atoms with Crippen molar-refractivity contribution in [2.24, 2.45) is 0 Å². The number of aryl methyl sites for hydroxylation is 1. The first kappa shape index (κ1) is 21.9. The molecule has 0 aliphatic heterocycles. The van der Waals surface area contributed by atoms with E-state index in [0.717, 1.165) is 31.0 Å². The third kappa shape index (κ3) is 6.36. The zero-order valence-corrected chi connectivity index (χ0v) is 18.5.